The molecule has 2 aromatic rings. The molecule has 2 rings (SSSR count). The molecule has 0 fully saturated rings. The highest BCUT2D eigenvalue weighted by Crippen LogP contribution is 2.13. The van der Waals surface area contributed by atoms with Crippen LogP contribution < -0.4 is 5.43 Å². The van der Waals surface area contributed by atoms with Crippen molar-refractivity contribution in [2.24, 2.45) is 0 Å². The number of hydrogen-bond donors (Lipinski definition) is 1. The molecule has 18 heavy (non-hydrogen) atoms. The maximum Gasteiger partial charge on any atom is 0.323 e. The Morgan fingerprint density at radius 1 is 1.28 bits per heavy atom. The average molecular weight is 245 g/mol. The van der Waals surface area contributed by atoms with Crippen LogP contribution in [0.1, 0.15) is 17.3 Å². The van der Waals surface area contributed by atoms with Gasteiger partial charge in [0.2, 0.25) is 0 Å². The SMILES string of the molecule is CC(=O)c1ccc2c(=O)ccn(CC(=O)O)c2c1. The lowest BCUT2D eigenvalue weighted by Gasteiger charge is -2.08. The fourth-order valence-corrected chi connectivity index (χ4v) is 1.81. The van der Waals surface area contributed by atoms with E-state index in [-0.39, 0.29) is 17.8 Å². The molecule has 0 unspecified atom stereocenters. The molecule has 5 nitrogen and oxygen atoms in total. The maximum absolute atomic E-state index is 11.7. The second kappa shape index (κ2) is 4.44. The zero-order chi connectivity index (χ0) is 13.3. The number of aromatic nitrogens is 1. The lowest BCUT2D eigenvalue weighted by Crippen LogP contribution is -2.13. The lowest BCUT2D eigenvalue weighted by molar-refractivity contribution is -0.137. The van der Waals surface area contributed by atoms with Crippen LogP contribution in [0.2, 0.25) is 0 Å². The second-order valence-electron chi connectivity index (χ2n) is 3.99. The van der Waals surface area contributed by atoms with Gasteiger partial charge in [0.05, 0.1) is 5.52 Å². The van der Waals surface area contributed by atoms with Gasteiger partial charge in [-0.2, -0.15) is 0 Å². The summed E-state index contributed by atoms with van der Waals surface area (Å²) in [5.74, 6) is -1.14. The molecule has 0 atom stereocenters. The van der Waals surface area contributed by atoms with Crippen LogP contribution in [-0.4, -0.2) is 21.4 Å². The maximum atomic E-state index is 11.7. The Balaban J connectivity index is 2.75. The largest absolute Gasteiger partial charge is 0.480 e. The van der Waals surface area contributed by atoms with Crippen molar-refractivity contribution in [2.45, 2.75) is 13.5 Å². The number of nitrogens with zero attached hydrogens (tertiary/aromatic N) is 1. The summed E-state index contributed by atoms with van der Waals surface area (Å²) < 4.78 is 1.44. The molecule has 1 heterocycles. The number of carbonyl (C=O) groups excluding carboxylic acids is 1. The Kier molecular flexibility index (Phi) is 2.97. The Morgan fingerprint density at radius 2 is 2.00 bits per heavy atom. The van der Waals surface area contributed by atoms with E-state index in [9.17, 15) is 14.4 Å². The normalized spacial score (nSPS) is 10.5. The first-order chi connectivity index (χ1) is 8.49. The molecule has 5 heteroatoms. The van der Waals surface area contributed by atoms with Crippen LogP contribution in [0.15, 0.2) is 35.3 Å². The summed E-state index contributed by atoms with van der Waals surface area (Å²) >= 11 is 0. The van der Waals surface area contributed by atoms with Gasteiger partial charge in [0.1, 0.15) is 6.54 Å². The molecule has 0 saturated carbocycles. The van der Waals surface area contributed by atoms with E-state index in [4.69, 9.17) is 5.11 Å². The molecule has 0 aliphatic carbocycles. The van der Waals surface area contributed by atoms with E-state index < -0.39 is 5.97 Å². The second-order valence-corrected chi connectivity index (χ2v) is 3.99. The average Bonchev–Trinajstić information content (AvgIpc) is 2.32. The molecular weight excluding hydrogens is 234 g/mol. The van der Waals surface area contributed by atoms with Gasteiger partial charge < -0.3 is 9.67 Å². The molecule has 0 aliphatic heterocycles. The smallest absolute Gasteiger partial charge is 0.323 e. The number of carboxylic acid groups (broad SMARTS) is 1. The van der Waals surface area contributed by atoms with Crippen molar-refractivity contribution in [1.82, 2.24) is 4.57 Å². The van der Waals surface area contributed by atoms with Gasteiger partial charge in [0.25, 0.3) is 0 Å². The number of Topliss-reactive ketones (excluding diaryl/α,β-unsaturated/α-hetero) is 1. The molecule has 0 aliphatic rings. The first-order valence-electron chi connectivity index (χ1n) is 5.35. The van der Waals surface area contributed by atoms with Crippen molar-refractivity contribution in [1.29, 1.82) is 0 Å². The minimum absolute atomic E-state index is 0.130. The van der Waals surface area contributed by atoms with Gasteiger partial charge in [-0.3, -0.25) is 14.4 Å². The van der Waals surface area contributed by atoms with E-state index in [0.717, 1.165) is 0 Å². The van der Waals surface area contributed by atoms with Crippen molar-refractivity contribution in [3.8, 4) is 0 Å². The summed E-state index contributed by atoms with van der Waals surface area (Å²) in [6.45, 7) is 1.17. The van der Waals surface area contributed by atoms with Crippen molar-refractivity contribution < 1.29 is 14.7 Å². The standard InChI is InChI=1S/C13H11NO4/c1-8(15)9-2-3-10-11(6-9)14(7-13(17)18)5-4-12(10)16/h2-6H,7H2,1H3,(H,17,18). The first kappa shape index (κ1) is 12.0. The van der Waals surface area contributed by atoms with E-state index in [2.05, 4.69) is 0 Å². The van der Waals surface area contributed by atoms with Gasteiger partial charge in [0.15, 0.2) is 11.2 Å². The fraction of sp³-hybridized carbons (Fsp3) is 0.154. The number of carbonyl (C=O) groups is 2. The Morgan fingerprint density at radius 3 is 2.61 bits per heavy atom. The number of aliphatic carboxylic acids is 1. The molecule has 1 N–H and O–H groups in total. The lowest BCUT2D eigenvalue weighted by atomic mass is 10.1. The summed E-state index contributed by atoms with van der Waals surface area (Å²) in [4.78, 5) is 33.7. The third kappa shape index (κ3) is 2.15. The molecular formula is C13H11NO4. The number of benzene rings is 1. The Labute approximate surface area is 102 Å². The van der Waals surface area contributed by atoms with Gasteiger partial charge in [-0.05, 0) is 19.1 Å². The van der Waals surface area contributed by atoms with Gasteiger partial charge in [-0.1, -0.05) is 6.07 Å². The van der Waals surface area contributed by atoms with E-state index >= 15 is 0 Å². The van der Waals surface area contributed by atoms with Gasteiger partial charge in [-0.25, -0.2) is 0 Å². The minimum Gasteiger partial charge on any atom is -0.480 e. The van der Waals surface area contributed by atoms with Crippen molar-refractivity contribution in [3.05, 3.63) is 46.2 Å². The van der Waals surface area contributed by atoms with Crippen molar-refractivity contribution in [2.75, 3.05) is 0 Å². The highest BCUT2D eigenvalue weighted by Gasteiger charge is 2.08. The topological polar surface area (TPSA) is 76.4 Å². The predicted octanol–water partition coefficient (Wildman–Crippen LogP) is 1.29. The van der Waals surface area contributed by atoms with Gasteiger partial charge >= 0.3 is 5.97 Å². The summed E-state index contributed by atoms with van der Waals surface area (Å²) in [5.41, 5.74) is 0.714. The van der Waals surface area contributed by atoms with Crippen LogP contribution in [0.4, 0.5) is 0 Å². The van der Waals surface area contributed by atoms with Crippen LogP contribution in [0, 0.1) is 0 Å². The number of ketones is 1. The number of pyridine rings is 1. The third-order valence-corrected chi connectivity index (χ3v) is 2.69. The molecule has 0 spiro atoms. The zero-order valence-electron chi connectivity index (χ0n) is 9.71. The quantitative estimate of drug-likeness (QED) is 0.826. The van der Waals surface area contributed by atoms with Crippen LogP contribution in [0.25, 0.3) is 10.9 Å². The summed E-state index contributed by atoms with van der Waals surface area (Å²) in [5, 5.41) is 9.21. The van der Waals surface area contributed by atoms with E-state index in [1.807, 2.05) is 0 Å². The molecule has 92 valence electrons. The van der Waals surface area contributed by atoms with Gasteiger partial charge in [-0.15, -0.1) is 0 Å². The van der Waals surface area contributed by atoms with Crippen molar-refractivity contribution >= 4 is 22.7 Å². The molecule has 0 amide bonds. The Hall–Kier alpha value is -2.43. The summed E-state index contributed by atoms with van der Waals surface area (Å²) in [7, 11) is 0. The summed E-state index contributed by atoms with van der Waals surface area (Å²) in [6.07, 6.45) is 1.42. The first-order valence-corrected chi connectivity index (χ1v) is 5.35. The van der Waals surface area contributed by atoms with Crippen LogP contribution in [0.5, 0.6) is 0 Å². The predicted molar refractivity (Wildman–Crippen MR) is 65.8 cm³/mol. The number of rotatable bonds is 3. The molecule has 1 aromatic carbocycles. The van der Waals surface area contributed by atoms with Crippen molar-refractivity contribution in [3.63, 3.8) is 0 Å². The molecule has 0 bridgehead atoms. The monoisotopic (exact) mass is 245 g/mol. The van der Waals surface area contributed by atoms with Gasteiger partial charge in [0, 0.05) is 23.2 Å². The number of fused-ring (bicyclic) bond motifs is 1. The Bertz CT molecular complexity index is 700. The van der Waals surface area contributed by atoms with Crippen LogP contribution in [0.3, 0.4) is 0 Å². The van der Waals surface area contributed by atoms with E-state index in [1.165, 1.54) is 23.8 Å². The van der Waals surface area contributed by atoms with Crippen LogP contribution >= 0.6 is 0 Å². The van der Waals surface area contributed by atoms with Crippen LogP contribution in [-0.2, 0) is 11.3 Å². The summed E-state index contributed by atoms with van der Waals surface area (Å²) in [6, 6.07) is 5.98. The van der Waals surface area contributed by atoms with E-state index in [0.29, 0.717) is 16.5 Å². The molecule has 1 aromatic heterocycles. The number of carboxylic acids is 1. The number of hydrogen-bond acceptors (Lipinski definition) is 3. The fourth-order valence-electron chi connectivity index (χ4n) is 1.81. The highest BCUT2D eigenvalue weighted by molar-refractivity contribution is 5.97. The van der Waals surface area contributed by atoms with E-state index in [1.54, 1.807) is 18.2 Å². The molecule has 0 radical (unpaired) electrons. The minimum atomic E-state index is -1.01. The third-order valence-electron chi connectivity index (χ3n) is 2.69. The molecule has 0 saturated heterocycles. The zero-order valence-corrected chi connectivity index (χ0v) is 9.71. The highest BCUT2D eigenvalue weighted by atomic mass is 16.4.